The van der Waals surface area contributed by atoms with E-state index >= 15 is 0 Å². The van der Waals surface area contributed by atoms with E-state index in [0.29, 0.717) is 0 Å². The van der Waals surface area contributed by atoms with Crippen molar-refractivity contribution in [3.05, 3.63) is 68.7 Å². The number of H-pyrrole nitrogens is 1. The van der Waals surface area contributed by atoms with Gasteiger partial charge in [-0.05, 0) is 12.5 Å². The Hall–Kier alpha value is -3.16. The van der Waals surface area contributed by atoms with Gasteiger partial charge in [-0.1, -0.05) is 30.3 Å². The maximum absolute atomic E-state index is 12.2. The molecule has 1 aromatic carbocycles. The Morgan fingerprint density at radius 1 is 1.16 bits per heavy atom. The molecule has 0 fully saturated rings. The van der Waals surface area contributed by atoms with Gasteiger partial charge >= 0.3 is 5.97 Å². The lowest BCUT2D eigenvalue weighted by Gasteiger charge is -2.25. The molecule has 2 aromatic rings. The van der Waals surface area contributed by atoms with Gasteiger partial charge in [0.25, 0.3) is 17.0 Å². The van der Waals surface area contributed by atoms with E-state index in [1.165, 1.54) is 4.90 Å². The third-order valence-corrected chi connectivity index (χ3v) is 3.79. The normalized spacial score (nSPS) is 11.6. The highest BCUT2D eigenvalue weighted by atomic mass is 16.5. The number of hydrogen-bond acceptors (Lipinski definition) is 5. The maximum Gasteiger partial charge on any atom is 0.328 e. The molecule has 0 saturated heterocycles. The number of carbonyl (C=O) groups excluding carboxylic acids is 2. The number of esters is 1. The molecule has 1 amide bonds. The van der Waals surface area contributed by atoms with Crippen molar-refractivity contribution in [3.63, 3.8) is 0 Å². The number of amides is 1. The van der Waals surface area contributed by atoms with Crippen molar-refractivity contribution in [1.82, 2.24) is 14.7 Å². The topological polar surface area (TPSA) is 101 Å². The summed E-state index contributed by atoms with van der Waals surface area (Å²) >= 11 is 0. The van der Waals surface area contributed by atoms with E-state index in [2.05, 4.69) is 5.10 Å². The SMILES string of the molecule is C[C@H](c1ccccc1)N(C)C(=O)COC(=O)Cn1[nH]c(=O)ccc1=O. The standard InChI is InChI=1S/C17H19N3O5/c1-12(13-6-4-3-5-7-13)19(2)16(23)11-25-17(24)10-20-15(22)9-8-14(21)18-20/h3-9,12H,10-11H2,1-2H3,(H,18,21)/t12-/m1/s1. The van der Waals surface area contributed by atoms with Gasteiger partial charge in [-0.2, -0.15) is 0 Å². The van der Waals surface area contributed by atoms with Crippen LogP contribution in [0.15, 0.2) is 52.1 Å². The highest BCUT2D eigenvalue weighted by Gasteiger charge is 2.19. The second kappa shape index (κ2) is 8.09. The van der Waals surface area contributed by atoms with E-state index < -0.39 is 30.2 Å². The summed E-state index contributed by atoms with van der Waals surface area (Å²) in [6.07, 6.45) is 0. The second-order valence-corrected chi connectivity index (χ2v) is 5.49. The zero-order valence-corrected chi connectivity index (χ0v) is 14.0. The molecule has 0 bridgehead atoms. The van der Waals surface area contributed by atoms with E-state index in [-0.39, 0.29) is 11.9 Å². The summed E-state index contributed by atoms with van der Waals surface area (Å²) in [6.45, 7) is 0.946. The molecule has 1 aromatic heterocycles. The number of rotatable bonds is 6. The van der Waals surface area contributed by atoms with Crippen LogP contribution in [0.5, 0.6) is 0 Å². The van der Waals surface area contributed by atoms with Crippen molar-refractivity contribution < 1.29 is 14.3 Å². The monoisotopic (exact) mass is 345 g/mol. The average Bonchev–Trinajstić information content (AvgIpc) is 2.62. The number of ether oxygens (including phenoxy) is 1. The van der Waals surface area contributed by atoms with E-state index in [4.69, 9.17) is 4.74 Å². The van der Waals surface area contributed by atoms with Gasteiger partial charge in [-0.3, -0.25) is 24.3 Å². The van der Waals surface area contributed by atoms with Gasteiger partial charge in [0.1, 0.15) is 6.54 Å². The van der Waals surface area contributed by atoms with Gasteiger partial charge in [0, 0.05) is 19.2 Å². The predicted molar refractivity (Wildman–Crippen MR) is 89.9 cm³/mol. The molecule has 0 aliphatic rings. The molecule has 2 rings (SSSR count). The highest BCUT2D eigenvalue weighted by molar-refractivity contribution is 5.80. The van der Waals surface area contributed by atoms with Gasteiger partial charge in [0.05, 0.1) is 6.04 Å². The van der Waals surface area contributed by atoms with E-state index in [1.807, 2.05) is 37.3 Å². The summed E-state index contributed by atoms with van der Waals surface area (Å²) in [4.78, 5) is 48.1. The number of hydrogen-bond donors (Lipinski definition) is 1. The minimum atomic E-state index is -0.793. The molecule has 0 unspecified atom stereocenters. The number of benzene rings is 1. The molecule has 0 spiro atoms. The first-order valence-corrected chi connectivity index (χ1v) is 7.65. The lowest BCUT2D eigenvalue weighted by Crippen LogP contribution is -2.35. The summed E-state index contributed by atoms with van der Waals surface area (Å²) in [5.41, 5.74) is -0.101. The summed E-state index contributed by atoms with van der Waals surface area (Å²) in [6, 6.07) is 11.4. The van der Waals surface area contributed by atoms with Crippen molar-refractivity contribution in [2.75, 3.05) is 13.7 Å². The fraction of sp³-hybridized carbons (Fsp3) is 0.294. The number of nitrogens with one attached hydrogen (secondary N) is 1. The number of nitrogens with zero attached hydrogens (tertiary/aromatic N) is 2. The van der Waals surface area contributed by atoms with Crippen LogP contribution in [0.1, 0.15) is 18.5 Å². The number of aromatic nitrogens is 2. The van der Waals surface area contributed by atoms with Crippen LogP contribution in [0.4, 0.5) is 0 Å². The summed E-state index contributed by atoms with van der Waals surface area (Å²) < 4.78 is 5.72. The molecule has 1 heterocycles. The lowest BCUT2D eigenvalue weighted by molar-refractivity contribution is -0.153. The summed E-state index contributed by atoms with van der Waals surface area (Å²) in [7, 11) is 1.62. The number of carbonyl (C=O) groups is 2. The molecule has 0 aliphatic heterocycles. The molecule has 25 heavy (non-hydrogen) atoms. The molecule has 132 valence electrons. The Balaban J connectivity index is 1.90. The number of aromatic amines is 1. The fourth-order valence-corrected chi connectivity index (χ4v) is 2.17. The maximum atomic E-state index is 12.2. The highest BCUT2D eigenvalue weighted by Crippen LogP contribution is 2.18. The van der Waals surface area contributed by atoms with Gasteiger partial charge < -0.3 is 9.64 Å². The molecular weight excluding hydrogens is 326 g/mol. The van der Waals surface area contributed by atoms with Crippen LogP contribution in [0.25, 0.3) is 0 Å². The van der Waals surface area contributed by atoms with Crippen molar-refractivity contribution in [3.8, 4) is 0 Å². The fourth-order valence-electron chi connectivity index (χ4n) is 2.17. The van der Waals surface area contributed by atoms with Gasteiger partial charge in [0.15, 0.2) is 6.61 Å². The van der Waals surface area contributed by atoms with Crippen LogP contribution in [-0.4, -0.2) is 40.2 Å². The van der Waals surface area contributed by atoms with Crippen molar-refractivity contribution in [2.45, 2.75) is 19.5 Å². The zero-order chi connectivity index (χ0) is 18.4. The van der Waals surface area contributed by atoms with Crippen LogP contribution in [0, 0.1) is 0 Å². The van der Waals surface area contributed by atoms with Crippen LogP contribution in [0.2, 0.25) is 0 Å². The smallest absolute Gasteiger partial charge is 0.328 e. The van der Waals surface area contributed by atoms with Crippen LogP contribution < -0.4 is 11.1 Å². The van der Waals surface area contributed by atoms with Gasteiger partial charge in [-0.15, -0.1) is 0 Å². The van der Waals surface area contributed by atoms with Crippen LogP contribution in [-0.2, 0) is 20.9 Å². The van der Waals surface area contributed by atoms with Crippen molar-refractivity contribution in [1.29, 1.82) is 0 Å². The van der Waals surface area contributed by atoms with Crippen molar-refractivity contribution >= 4 is 11.9 Å². The third kappa shape index (κ3) is 4.90. The van der Waals surface area contributed by atoms with E-state index in [1.54, 1.807) is 7.05 Å². The minimum absolute atomic E-state index is 0.180. The number of likely N-dealkylation sites (N-methyl/N-ethyl adjacent to an activating group) is 1. The zero-order valence-electron chi connectivity index (χ0n) is 14.0. The Morgan fingerprint density at radius 3 is 2.52 bits per heavy atom. The van der Waals surface area contributed by atoms with Gasteiger partial charge in [-0.25, -0.2) is 4.68 Å². The first-order chi connectivity index (χ1) is 11.9. The largest absolute Gasteiger partial charge is 0.454 e. The van der Waals surface area contributed by atoms with E-state index in [9.17, 15) is 19.2 Å². The summed E-state index contributed by atoms with van der Waals surface area (Å²) in [5.74, 6) is -1.17. The van der Waals surface area contributed by atoms with Crippen LogP contribution in [0.3, 0.4) is 0 Å². The first-order valence-electron chi connectivity index (χ1n) is 7.65. The molecule has 0 radical (unpaired) electrons. The first kappa shape index (κ1) is 18.2. The lowest BCUT2D eigenvalue weighted by atomic mass is 10.1. The quantitative estimate of drug-likeness (QED) is 0.759. The molecule has 1 N–H and O–H groups in total. The van der Waals surface area contributed by atoms with Gasteiger partial charge in [0.2, 0.25) is 0 Å². The molecule has 0 aliphatic carbocycles. The molecule has 8 nitrogen and oxygen atoms in total. The molecule has 1 atom stereocenters. The predicted octanol–water partition coefficient (Wildman–Crippen LogP) is 0.299. The minimum Gasteiger partial charge on any atom is -0.454 e. The molecule has 0 saturated carbocycles. The second-order valence-electron chi connectivity index (χ2n) is 5.49. The average molecular weight is 345 g/mol. The Bertz CT molecular complexity index is 856. The Kier molecular flexibility index (Phi) is 5.89. The van der Waals surface area contributed by atoms with Crippen molar-refractivity contribution in [2.24, 2.45) is 0 Å². The van der Waals surface area contributed by atoms with E-state index in [0.717, 1.165) is 22.4 Å². The summed E-state index contributed by atoms with van der Waals surface area (Å²) in [5, 5.41) is 2.21. The Morgan fingerprint density at radius 2 is 1.84 bits per heavy atom. The molecule has 8 heteroatoms. The Labute approximate surface area is 143 Å². The molecular formula is C17H19N3O5. The van der Waals surface area contributed by atoms with Crippen LogP contribution >= 0.6 is 0 Å². The third-order valence-electron chi connectivity index (χ3n) is 3.79.